The van der Waals surface area contributed by atoms with E-state index < -0.39 is 9.84 Å². The number of rotatable bonds is 3. The van der Waals surface area contributed by atoms with Crippen LogP contribution in [0.3, 0.4) is 0 Å². The summed E-state index contributed by atoms with van der Waals surface area (Å²) in [5, 5.41) is 3.37. The average Bonchev–Trinajstić information content (AvgIpc) is 2.57. The van der Waals surface area contributed by atoms with E-state index in [4.69, 9.17) is 0 Å². The minimum absolute atomic E-state index is 0.0789. The van der Waals surface area contributed by atoms with E-state index in [-0.39, 0.29) is 11.8 Å². The second-order valence-corrected chi connectivity index (χ2v) is 5.68. The molecule has 2 rings (SSSR count). The Morgan fingerprint density at radius 2 is 2.00 bits per heavy atom. The van der Waals surface area contributed by atoms with Gasteiger partial charge in [-0.05, 0) is 6.08 Å². The van der Waals surface area contributed by atoms with E-state index in [9.17, 15) is 8.42 Å². The second kappa shape index (κ2) is 4.16. The lowest BCUT2D eigenvalue weighted by Gasteiger charge is -2.05. The van der Waals surface area contributed by atoms with Crippen molar-refractivity contribution in [2.45, 2.75) is 12.6 Å². The van der Waals surface area contributed by atoms with Gasteiger partial charge in [-0.25, -0.2) is 8.42 Å². The Bertz CT molecular complexity index is 451. The molecule has 1 heterocycles. The average molecular weight is 224 g/mol. The second-order valence-electron chi connectivity index (χ2n) is 3.75. The topological polar surface area (TPSA) is 50.8 Å². The summed E-state index contributed by atoms with van der Waals surface area (Å²) in [5.74, 6) is 0.236. The van der Waals surface area contributed by atoms with E-state index in [2.05, 4.69) is 5.32 Å². The molecule has 0 amide bonds. The van der Waals surface area contributed by atoms with E-state index in [1.54, 1.807) is 6.08 Å². The summed E-state index contributed by atoms with van der Waals surface area (Å²) in [6, 6.07) is 10.1. The Morgan fingerprint density at radius 3 is 2.60 bits per heavy atom. The standard InChI is InChI=1S/C11H13NO2S/c13-15(14)7-6-11(9-15)12-8-10-4-2-1-3-5-10/h1-7,11-12H,8-9H2/p+1/t11-/m0/s1. The monoisotopic (exact) mass is 224 g/mol. The zero-order chi connectivity index (χ0) is 10.7. The molecule has 1 aliphatic heterocycles. The van der Waals surface area contributed by atoms with Gasteiger partial charge in [-0.3, -0.25) is 0 Å². The van der Waals surface area contributed by atoms with Crippen molar-refractivity contribution in [1.29, 1.82) is 0 Å². The molecule has 15 heavy (non-hydrogen) atoms. The molecule has 0 spiro atoms. The number of sulfone groups is 1. The molecule has 0 unspecified atom stereocenters. The van der Waals surface area contributed by atoms with Gasteiger partial charge in [-0.1, -0.05) is 30.3 Å². The van der Waals surface area contributed by atoms with Gasteiger partial charge >= 0.3 is 0 Å². The van der Waals surface area contributed by atoms with Gasteiger partial charge in [0.2, 0.25) is 0 Å². The highest BCUT2D eigenvalue weighted by Gasteiger charge is 2.23. The van der Waals surface area contributed by atoms with E-state index in [1.807, 2.05) is 30.3 Å². The molecule has 4 heteroatoms. The fraction of sp³-hybridized carbons (Fsp3) is 0.273. The third kappa shape index (κ3) is 2.91. The lowest BCUT2D eigenvalue weighted by atomic mass is 10.2. The maximum atomic E-state index is 11.1. The molecule has 0 fully saturated rings. The molecule has 0 bridgehead atoms. The molecule has 0 radical (unpaired) electrons. The summed E-state index contributed by atoms with van der Waals surface area (Å²) in [6.07, 6.45) is 1.76. The molecule has 1 atom stereocenters. The van der Waals surface area contributed by atoms with Gasteiger partial charge in [0.25, 0.3) is 0 Å². The normalized spacial score (nSPS) is 23.1. The molecule has 3 nitrogen and oxygen atoms in total. The van der Waals surface area contributed by atoms with Crippen LogP contribution in [-0.4, -0.2) is 20.2 Å². The van der Waals surface area contributed by atoms with Gasteiger partial charge in [0.15, 0.2) is 9.84 Å². The van der Waals surface area contributed by atoms with Gasteiger partial charge in [-0.2, -0.15) is 0 Å². The zero-order valence-corrected chi connectivity index (χ0v) is 9.15. The van der Waals surface area contributed by atoms with Crippen molar-refractivity contribution < 1.29 is 13.7 Å². The van der Waals surface area contributed by atoms with Crippen LogP contribution in [0.15, 0.2) is 41.8 Å². The zero-order valence-electron chi connectivity index (χ0n) is 8.34. The fourth-order valence-corrected chi connectivity index (χ4v) is 2.98. The molecule has 2 N–H and O–H groups in total. The van der Waals surface area contributed by atoms with Gasteiger partial charge < -0.3 is 5.32 Å². The van der Waals surface area contributed by atoms with Crippen LogP contribution in [0.1, 0.15) is 5.56 Å². The third-order valence-corrected chi connectivity index (χ3v) is 3.88. The number of hydrogen-bond donors (Lipinski definition) is 1. The Hall–Kier alpha value is -1.13. The quantitative estimate of drug-likeness (QED) is 0.789. The molecule has 0 aliphatic carbocycles. The predicted molar refractivity (Wildman–Crippen MR) is 58.8 cm³/mol. The highest BCUT2D eigenvalue weighted by molar-refractivity contribution is 7.94. The first kappa shape index (κ1) is 10.4. The van der Waals surface area contributed by atoms with Crippen molar-refractivity contribution in [3.05, 3.63) is 47.4 Å². The lowest BCUT2D eigenvalue weighted by molar-refractivity contribution is -0.690. The minimum Gasteiger partial charge on any atom is -0.336 e. The van der Waals surface area contributed by atoms with Crippen molar-refractivity contribution in [3.8, 4) is 0 Å². The summed E-state index contributed by atoms with van der Waals surface area (Å²) >= 11 is 0. The molecular weight excluding hydrogens is 210 g/mol. The maximum Gasteiger partial charge on any atom is 0.177 e. The summed E-state index contributed by atoms with van der Waals surface area (Å²) in [7, 11) is -2.91. The van der Waals surface area contributed by atoms with Crippen LogP contribution in [0.2, 0.25) is 0 Å². The van der Waals surface area contributed by atoms with Crippen LogP contribution >= 0.6 is 0 Å². The van der Waals surface area contributed by atoms with E-state index >= 15 is 0 Å². The van der Waals surface area contributed by atoms with E-state index in [0.29, 0.717) is 0 Å². The molecule has 0 saturated heterocycles. The Kier molecular flexibility index (Phi) is 2.88. The largest absolute Gasteiger partial charge is 0.336 e. The molecule has 1 aromatic carbocycles. The van der Waals surface area contributed by atoms with Crippen LogP contribution in [0.4, 0.5) is 0 Å². The highest BCUT2D eigenvalue weighted by Crippen LogP contribution is 2.04. The van der Waals surface area contributed by atoms with Crippen LogP contribution < -0.4 is 5.32 Å². The predicted octanol–water partition coefficient (Wildman–Crippen LogP) is 0.0607. The lowest BCUT2D eigenvalue weighted by Crippen LogP contribution is -2.88. The molecule has 80 valence electrons. The van der Waals surface area contributed by atoms with Crippen molar-refractivity contribution in [3.63, 3.8) is 0 Å². The number of benzene rings is 1. The molecule has 1 aliphatic rings. The summed E-state index contributed by atoms with van der Waals surface area (Å²) in [4.78, 5) is 0. The van der Waals surface area contributed by atoms with E-state index in [1.165, 1.54) is 11.0 Å². The number of hydrogen-bond acceptors (Lipinski definition) is 2. The number of nitrogens with two attached hydrogens (primary N) is 1. The molecule has 1 aromatic rings. The summed E-state index contributed by atoms with van der Waals surface area (Å²) < 4.78 is 22.3. The van der Waals surface area contributed by atoms with Gasteiger partial charge in [0, 0.05) is 11.0 Å². The molecular formula is C11H14NO2S+. The van der Waals surface area contributed by atoms with Gasteiger partial charge in [0.1, 0.15) is 18.3 Å². The van der Waals surface area contributed by atoms with Gasteiger partial charge in [0.05, 0.1) is 0 Å². The summed E-state index contributed by atoms with van der Waals surface area (Å²) in [6.45, 7) is 0.825. The highest BCUT2D eigenvalue weighted by atomic mass is 32.2. The first-order valence-corrected chi connectivity index (χ1v) is 6.65. The van der Waals surface area contributed by atoms with Crippen LogP contribution in [0.5, 0.6) is 0 Å². The number of quaternary nitrogens is 1. The minimum atomic E-state index is -2.91. The smallest absolute Gasteiger partial charge is 0.177 e. The van der Waals surface area contributed by atoms with Crippen molar-refractivity contribution in [2.75, 3.05) is 5.75 Å². The maximum absolute atomic E-state index is 11.1. The molecule has 0 aromatic heterocycles. The van der Waals surface area contributed by atoms with E-state index in [0.717, 1.165) is 6.54 Å². The third-order valence-electron chi connectivity index (χ3n) is 2.46. The SMILES string of the molecule is O=S1(=O)C=C[C@H]([NH2+]Cc2ccccc2)C1. The first-order valence-electron chi connectivity index (χ1n) is 4.94. The summed E-state index contributed by atoms with van der Waals surface area (Å²) in [5.41, 5.74) is 1.22. The van der Waals surface area contributed by atoms with Crippen molar-refractivity contribution in [2.24, 2.45) is 0 Å². The Labute approximate surface area is 89.7 Å². The van der Waals surface area contributed by atoms with Crippen LogP contribution in [0.25, 0.3) is 0 Å². The van der Waals surface area contributed by atoms with Crippen molar-refractivity contribution >= 4 is 9.84 Å². The van der Waals surface area contributed by atoms with Crippen molar-refractivity contribution in [1.82, 2.24) is 0 Å². The Balaban J connectivity index is 1.89. The molecule has 0 saturated carbocycles. The van der Waals surface area contributed by atoms with Crippen LogP contribution in [0, 0.1) is 0 Å². The fourth-order valence-electron chi connectivity index (χ4n) is 1.65. The Morgan fingerprint density at radius 1 is 1.27 bits per heavy atom. The van der Waals surface area contributed by atoms with Crippen LogP contribution in [-0.2, 0) is 16.4 Å². The van der Waals surface area contributed by atoms with Gasteiger partial charge in [-0.15, -0.1) is 0 Å². The first-order chi connectivity index (χ1) is 7.16.